The van der Waals surface area contributed by atoms with E-state index in [4.69, 9.17) is 14.2 Å². The van der Waals surface area contributed by atoms with Crippen molar-refractivity contribution in [1.82, 2.24) is 4.90 Å². The van der Waals surface area contributed by atoms with Gasteiger partial charge >= 0.3 is 5.97 Å². The van der Waals surface area contributed by atoms with E-state index in [1.807, 2.05) is 0 Å². The van der Waals surface area contributed by atoms with Crippen molar-refractivity contribution in [3.63, 3.8) is 0 Å². The van der Waals surface area contributed by atoms with Gasteiger partial charge in [-0.05, 0) is 25.0 Å². The van der Waals surface area contributed by atoms with Gasteiger partial charge < -0.3 is 19.1 Å². The number of rotatable bonds is 5. The standard InChI is InChI=1S/C15H19NO5/c1-19-10-21-13-8-4-3-6-11(13)14(17)16-9-5-7-12(16)15(18)20-2/h3-4,6,8,12H,5,7,9-10H2,1-2H3/t12-/m0/s1. The lowest BCUT2D eigenvalue weighted by atomic mass is 10.1. The van der Waals surface area contributed by atoms with Crippen molar-refractivity contribution in [3.8, 4) is 5.75 Å². The summed E-state index contributed by atoms with van der Waals surface area (Å²) in [6.45, 7) is 0.599. The van der Waals surface area contributed by atoms with E-state index in [0.717, 1.165) is 6.42 Å². The zero-order valence-corrected chi connectivity index (χ0v) is 12.2. The first-order valence-corrected chi connectivity index (χ1v) is 6.78. The van der Waals surface area contributed by atoms with Gasteiger partial charge in [0.1, 0.15) is 11.8 Å². The van der Waals surface area contributed by atoms with Crippen molar-refractivity contribution < 1.29 is 23.8 Å². The molecular weight excluding hydrogens is 274 g/mol. The molecule has 0 N–H and O–H groups in total. The molecule has 1 saturated heterocycles. The number of benzene rings is 1. The number of hydrogen-bond acceptors (Lipinski definition) is 5. The highest BCUT2D eigenvalue weighted by atomic mass is 16.7. The zero-order valence-electron chi connectivity index (χ0n) is 12.2. The van der Waals surface area contributed by atoms with Gasteiger partial charge in [0.2, 0.25) is 0 Å². The lowest BCUT2D eigenvalue weighted by molar-refractivity contribution is -0.145. The van der Waals surface area contributed by atoms with E-state index in [1.165, 1.54) is 14.2 Å². The molecule has 1 aliphatic rings. The molecule has 1 aliphatic heterocycles. The predicted molar refractivity (Wildman–Crippen MR) is 75.0 cm³/mol. The molecule has 6 heteroatoms. The van der Waals surface area contributed by atoms with Gasteiger partial charge in [-0.15, -0.1) is 0 Å². The third-order valence-corrected chi connectivity index (χ3v) is 3.44. The van der Waals surface area contributed by atoms with Crippen molar-refractivity contribution in [2.45, 2.75) is 18.9 Å². The highest BCUT2D eigenvalue weighted by Gasteiger charge is 2.36. The van der Waals surface area contributed by atoms with Crippen molar-refractivity contribution in [2.75, 3.05) is 27.6 Å². The molecule has 1 aromatic carbocycles. The molecule has 1 aromatic rings. The third-order valence-electron chi connectivity index (χ3n) is 3.44. The molecule has 0 saturated carbocycles. The first kappa shape index (κ1) is 15.3. The fourth-order valence-electron chi connectivity index (χ4n) is 2.44. The van der Waals surface area contributed by atoms with Crippen LogP contribution in [0, 0.1) is 0 Å². The van der Waals surface area contributed by atoms with E-state index in [2.05, 4.69) is 0 Å². The van der Waals surface area contributed by atoms with Gasteiger partial charge in [0.15, 0.2) is 6.79 Å². The molecule has 0 aliphatic carbocycles. The number of likely N-dealkylation sites (tertiary alicyclic amines) is 1. The number of esters is 1. The summed E-state index contributed by atoms with van der Waals surface area (Å²) in [6, 6.07) is 6.41. The van der Waals surface area contributed by atoms with Crippen molar-refractivity contribution >= 4 is 11.9 Å². The van der Waals surface area contributed by atoms with Crippen LogP contribution in [0.5, 0.6) is 5.75 Å². The number of nitrogens with zero attached hydrogens (tertiary/aromatic N) is 1. The lowest BCUT2D eigenvalue weighted by Gasteiger charge is -2.23. The number of ether oxygens (including phenoxy) is 3. The number of carbonyl (C=O) groups excluding carboxylic acids is 2. The van der Waals surface area contributed by atoms with E-state index in [0.29, 0.717) is 24.3 Å². The van der Waals surface area contributed by atoms with Crippen LogP contribution in [-0.2, 0) is 14.3 Å². The van der Waals surface area contributed by atoms with Crippen LogP contribution in [0.1, 0.15) is 23.2 Å². The van der Waals surface area contributed by atoms with Crippen molar-refractivity contribution in [2.24, 2.45) is 0 Å². The second-order valence-corrected chi connectivity index (χ2v) is 4.73. The molecule has 0 aromatic heterocycles. The van der Waals surface area contributed by atoms with Gasteiger partial charge in [-0.3, -0.25) is 4.79 Å². The van der Waals surface area contributed by atoms with Crippen LogP contribution >= 0.6 is 0 Å². The normalized spacial score (nSPS) is 17.6. The van der Waals surface area contributed by atoms with Crippen LogP contribution in [0.3, 0.4) is 0 Å². The summed E-state index contributed by atoms with van der Waals surface area (Å²) >= 11 is 0. The van der Waals surface area contributed by atoms with E-state index < -0.39 is 6.04 Å². The Labute approximate surface area is 123 Å². The fraction of sp³-hybridized carbons (Fsp3) is 0.467. The minimum atomic E-state index is -0.516. The summed E-state index contributed by atoms with van der Waals surface area (Å²) < 4.78 is 15.0. The minimum Gasteiger partial charge on any atom is -0.467 e. The largest absolute Gasteiger partial charge is 0.467 e. The third kappa shape index (κ3) is 3.33. The Balaban J connectivity index is 2.21. The van der Waals surface area contributed by atoms with Gasteiger partial charge in [-0.1, -0.05) is 12.1 Å². The van der Waals surface area contributed by atoms with Crippen molar-refractivity contribution in [1.29, 1.82) is 0 Å². The molecule has 1 amide bonds. The molecule has 21 heavy (non-hydrogen) atoms. The fourth-order valence-corrected chi connectivity index (χ4v) is 2.44. The van der Waals surface area contributed by atoms with Gasteiger partial charge in [-0.2, -0.15) is 0 Å². The number of para-hydroxylation sites is 1. The summed E-state index contributed by atoms with van der Waals surface area (Å²) in [5.74, 6) is -0.161. The molecule has 1 heterocycles. The molecule has 1 atom stereocenters. The molecule has 114 valence electrons. The number of hydrogen-bond donors (Lipinski definition) is 0. The molecular formula is C15H19NO5. The van der Waals surface area contributed by atoms with Gasteiger partial charge in [0.25, 0.3) is 5.91 Å². The van der Waals surface area contributed by atoms with E-state index >= 15 is 0 Å². The molecule has 0 spiro atoms. The SMILES string of the molecule is COCOc1ccccc1C(=O)N1CCC[C@H]1C(=O)OC. The Hall–Kier alpha value is -2.08. The topological polar surface area (TPSA) is 65.1 Å². The Morgan fingerprint density at radius 1 is 1.29 bits per heavy atom. The summed E-state index contributed by atoms with van der Waals surface area (Å²) in [5.41, 5.74) is 0.422. The first-order chi connectivity index (χ1) is 10.2. The maximum absolute atomic E-state index is 12.7. The Morgan fingerprint density at radius 3 is 2.76 bits per heavy atom. The van der Waals surface area contributed by atoms with Gasteiger partial charge in [0, 0.05) is 13.7 Å². The van der Waals surface area contributed by atoms with Crippen LogP contribution < -0.4 is 4.74 Å². The summed E-state index contributed by atoms with van der Waals surface area (Å²) in [7, 11) is 2.84. The first-order valence-electron chi connectivity index (χ1n) is 6.78. The molecule has 0 radical (unpaired) electrons. The molecule has 1 fully saturated rings. The second kappa shape index (κ2) is 7.08. The average molecular weight is 293 g/mol. The van der Waals surface area contributed by atoms with Crippen LogP contribution in [-0.4, -0.2) is 50.4 Å². The number of amides is 1. The van der Waals surface area contributed by atoms with E-state index in [9.17, 15) is 9.59 Å². The molecule has 2 rings (SSSR count). The van der Waals surface area contributed by atoms with Crippen LogP contribution in [0.4, 0.5) is 0 Å². The number of carbonyl (C=O) groups is 2. The van der Waals surface area contributed by atoms with E-state index in [-0.39, 0.29) is 18.7 Å². The summed E-state index contributed by atoms with van der Waals surface area (Å²) in [4.78, 5) is 26.0. The Bertz CT molecular complexity index is 517. The number of methoxy groups -OCH3 is 2. The highest BCUT2D eigenvalue weighted by molar-refractivity contribution is 5.99. The smallest absolute Gasteiger partial charge is 0.328 e. The summed E-state index contributed by atoms with van der Waals surface area (Å²) in [5, 5.41) is 0. The lowest BCUT2D eigenvalue weighted by Crippen LogP contribution is -2.41. The van der Waals surface area contributed by atoms with Crippen LogP contribution in [0.15, 0.2) is 24.3 Å². The van der Waals surface area contributed by atoms with Crippen LogP contribution in [0.2, 0.25) is 0 Å². The summed E-state index contributed by atoms with van der Waals surface area (Å²) in [6.07, 6.45) is 1.41. The van der Waals surface area contributed by atoms with Crippen LogP contribution in [0.25, 0.3) is 0 Å². The average Bonchev–Trinajstić information content (AvgIpc) is 3.01. The Morgan fingerprint density at radius 2 is 2.05 bits per heavy atom. The minimum absolute atomic E-state index is 0.0602. The molecule has 0 bridgehead atoms. The second-order valence-electron chi connectivity index (χ2n) is 4.73. The monoisotopic (exact) mass is 293 g/mol. The quantitative estimate of drug-likeness (QED) is 0.607. The maximum atomic E-state index is 12.7. The Kier molecular flexibility index (Phi) is 5.16. The predicted octanol–water partition coefficient (Wildman–Crippen LogP) is 1.45. The van der Waals surface area contributed by atoms with Gasteiger partial charge in [-0.25, -0.2) is 4.79 Å². The van der Waals surface area contributed by atoms with Gasteiger partial charge in [0.05, 0.1) is 12.7 Å². The molecule has 0 unspecified atom stereocenters. The zero-order chi connectivity index (χ0) is 15.2. The van der Waals surface area contributed by atoms with E-state index in [1.54, 1.807) is 29.2 Å². The highest BCUT2D eigenvalue weighted by Crippen LogP contribution is 2.25. The maximum Gasteiger partial charge on any atom is 0.328 e. The molecule has 6 nitrogen and oxygen atoms in total. The van der Waals surface area contributed by atoms with Crippen molar-refractivity contribution in [3.05, 3.63) is 29.8 Å².